The smallest absolute Gasteiger partial charge is 0.336 e. The standard InChI is InChI=1S/C22H24FNO4/c1-13-19(22(26)28-12-16-4-3-11-27-16)20(14-7-9-15(23)10-8-14)21-17(24-13)5-2-6-18(21)25/h7-10,16,20,24H,2-6,11-12H2,1H3/t16-,20+/m0/s1. The molecule has 5 nitrogen and oxygen atoms in total. The number of dihydropyridines is 1. The van der Waals surface area contributed by atoms with E-state index in [1.54, 1.807) is 12.1 Å². The normalized spacial score (nSPS) is 24.9. The molecule has 0 bridgehead atoms. The molecule has 1 aromatic rings. The van der Waals surface area contributed by atoms with Crippen molar-refractivity contribution < 1.29 is 23.5 Å². The molecule has 1 aliphatic carbocycles. The fourth-order valence-electron chi connectivity index (χ4n) is 4.26. The molecule has 1 saturated heterocycles. The highest BCUT2D eigenvalue weighted by molar-refractivity contribution is 6.03. The van der Waals surface area contributed by atoms with Crippen LogP contribution in [0.3, 0.4) is 0 Å². The van der Waals surface area contributed by atoms with E-state index < -0.39 is 11.9 Å². The number of rotatable bonds is 4. The molecule has 1 fully saturated rings. The number of carbonyl (C=O) groups is 2. The SMILES string of the molecule is CC1=C(C(=O)OC[C@@H]2CCCO2)[C@@H](c2ccc(F)cc2)C2=C(CCCC2=O)N1. The Morgan fingerprint density at radius 3 is 2.75 bits per heavy atom. The topological polar surface area (TPSA) is 64.6 Å². The van der Waals surface area contributed by atoms with Crippen LogP contribution >= 0.6 is 0 Å². The Kier molecular flexibility index (Phi) is 5.31. The lowest BCUT2D eigenvalue weighted by Gasteiger charge is -2.34. The number of allylic oxidation sites excluding steroid dienone is 3. The van der Waals surface area contributed by atoms with E-state index in [2.05, 4.69) is 5.32 Å². The molecule has 2 atom stereocenters. The molecule has 0 radical (unpaired) electrons. The number of hydrogen-bond acceptors (Lipinski definition) is 5. The van der Waals surface area contributed by atoms with Gasteiger partial charge in [-0.2, -0.15) is 0 Å². The second kappa shape index (κ2) is 7.87. The lowest BCUT2D eigenvalue weighted by Crippen LogP contribution is -2.35. The molecule has 6 heteroatoms. The van der Waals surface area contributed by atoms with Gasteiger partial charge in [-0.3, -0.25) is 4.79 Å². The lowest BCUT2D eigenvalue weighted by molar-refractivity contribution is -0.142. The van der Waals surface area contributed by atoms with Crippen molar-refractivity contribution in [1.82, 2.24) is 5.32 Å². The molecule has 2 heterocycles. The molecular weight excluding hydrogens is 361 g/mol. The van der Waals surface area contributed by atoms with Gasteiger partial charge in [0, 0.05) is 35.9 Å². The Hall–Kier alpha value is -2.47. The van der Waals surface area contributed by atoms with Gasteiger partial charge in [-0.15, -0.1) is 0 Å². The van der Waals surface area contributed by atoms with Crippen LogP contribution < -0.4 is 5.32 Å². The van der Waals surface area contributed by atoms with Crippen molar-refractivity contribution in [2.45, 2.75) is 51.0 Å². The maximum Gasteiger partial charge on any atom is 0.336 e. The predicted octanol–water partition coefficient (Wildman–Crippen LogP) is 3.52. The molecule has 2 aliphatic heterocycles. The maximum atomic E-state index is 13.5. The van der Waals surface area contributed by atoms with Crippen molar-refractivity contribution in [3.05, 3.63) is 58.2 Å². The van der Waals surface area contributed by atoms with Crippen LogP contribution in [-0.2, 0) is 19.1 Å². The first kappa shape index (κ1) is 18.9. The van der Waals surface area contributed by atoms with Crippen molar-refractivity contribution in [2.24, 2.45) is 0 Å². The zero-order chi connectivity index (χ0) is 19.7. The third kappa shape index (κ3) is 3.61. The van der Waals surface area contributed by atoms with Crippen LogP contribution in [-0.4, -0.2) is 31.1 Å². The lowest BCUT2D eigenvalue weighted by atomic mass is 9.75. The highest BCUT2D eigenvalue weighted by Gasteiger charge is 2.39. The summed E-state index contributed by atoms with van der Waals surface area (Å²) in [6.45, 7) is 2.71. The van der Waals surface area contributed by atoms with Gasteiger partial charge in [-0.05, 0) is 50.3 Å². The first-order valence-corrected chi connectivity index (χ1v) is 9.83. The Bertz CT molecular complexity index is 850. The van der Waals surface area contributed by atoms with Gasteiger partial charge < -0.3 is 14.8 Å². The second-order valence-electron chi connectivity index (χ2n) is 7.55. The minimum Gasteiger partial charge on any atom is -0.459 e. The van der Waals surface area contributed by atoms with Crippen LogP contribution in [0.2, 0.25) is 0 Å². The van der Waals surface area contributed by atoms with Gasteiger partial charge in [-0.25, -0.2) is 9.18 Å². The summed E-state index contributed by atoms with van der Waals surface area (Å²) in [7, 11) is 0. The summed E-state index contributed by atoms with van der Waals surface area (Å²) in [5.41, 5.74) is 3.28. The van der Waals surface area contributed by atoms with Gasteiger partial charge in [0.05, 0.1) is 11.7 Å². The van der Waals surface area contributed by atoms with E-state index in [1.807, 2.05) is 6.92 Å². The van der Waals surface area contributed by atoms with Gasteiger partial charge in [0.2, 0.25) is 0 Å². The molecule has 3 aliphatic rings. The highest BCUT2D eigenvalue weighted by atomic mass is 19.1. The Morgan fingerprint density at radius 2 is 2.04 bits per heavy atom. The summed E-state index contributed by atoms with van der Waals surface area (Å²) in [5, 5.41) is 3.25. The fourth-order valence-corrected chi connectivity index (χ4v) is 4.26. The second-order valence-corrected chi connectivity index (χ2v) is 7.55. The van der Waals surface area contributed by atoms with Crippen LogP contribution in [0.5, 0.6) is 0 Å². The molecule has 0 unspecified atom stereocenters. The molecule has 28 heavy (non-hydrogen) atoms. The van der Waals surface area contributed by atoms with Crippen molar-refractivity contribution in [3.63, 3.8) is 0 Å². The zero-order valence-corrected chi connectivity index (χ0v) is 15.9. The van der Waals surface area contributed by atoms with Crippen LogP contribution in [0.1, 0.15) is 50.5 Å². The van der Waals surface area contributed by atoms with Gasteiger partial charge in [0.1, 0.15) is 12.4 Å². The fraction of sp³-hybridized carbons (Fsp3) is 0.455. The van der Waals surface area contributed by atoms with Crippen LogP contribution in [0.4, 0.5) is 4.39 Å². The minimum absolute atomic E-state index is 0.0278. The van der Waals surface area contributed by atoms with Gasteiger partial charge in [0.25, 0.3) is 0 Å². The quantitative estimate of drug-likeness (QED) is 0.804. The van der Waals surface area contributed by atoms with Gasteiger partial charge in [-0.1, -0.05) is 12.1 Å². The Labute approximate surface area is 163 Å². The number of ether oxygens (including phenoxy) is 2. The number of hydrogen-bond donors (Lipinski definition) is 1. The largest absolute Gasteiger partial charge is 0.459 e. The van der Waals surface area contributed by atoms with Crippen molar-refractivity contribution >= 4 is 11.8 Å². The van der Waals surface area contributed by atoms with E-state index in [0.29, 0.717) is 35.4 Å². The average Bonchev–Trinajstić information content (AvgIpc) is 3.19. The Morgan fingerprint density at radius 1 is 1.25 bits per heavy atom. The van der Waals surface area contributed by atoms with E-state index in [4.69, 9.17) is 9.47 Å². The average molecular weight is 385 g/mol. The third-order valence-electron chi connectivity index (χ3n) is 5.62. The zero-order valence-electron chi connectivity index (χ0n) is 15.9. The van der Waals surface area contributed by atoms with E-state index in [0.717, 1.165) is 31.4 Å². The molecule has 0 amide bonds. The highest BCUT2D eigenvalue weighted by Crippen LogP contribution is 2.42. The van der Waals surface area contributed by atoms with E-state index >= 15 is 0 Å². The monoisotopic (exact) mass is 385 g/mol. The molecular formula is C22H24FNO4. The first-order chi connectivity index (χ1) is 13.5. The molecule has 0 spiro atoms. The molecule has 0 saturated carbocycles. The number of carbonyl (C=O) groups excluding carboxylic acids is 2. The minimum atomic E-state index is -0.540. The number of halogens is 1. The third-order valence-corrected chi connectivity index (χ3v) is 5.62. The number of ketones is 1. The van der Waals surface area contributed by atoms with Crippen molar-refractivity contribution in [1.29, 1.82) is 0 Å². The predicted molar refractivity (Wildman–Crippen MR) is 101 cm³/mol. The van der Waals surface area contributed by atoms with Crippen LogP contribution in [0, 0.1) is 5.82 Å². The molecule has 1 N–H and O–H groups in total. The number of esters is 1. The molecule has 4 rings (SSSR count). The maximum absolute atomic E-state index is 13.5. The number of Topliss-reactive ketones (excluding diaryl/α,β-unsaturated/α-hetero) is 1. The summed E-state index contributed by atoms with van der Waals surface area (Å²) in [5.74, 6) is -1.33. The van der Waals surface area contributed by atoms with Gasteiger partial charge >= 0.3 is 5.97 Å². The van der Waals surface area contributed by atoms with Crippen LogP contribution in [0.15, 0.2) is 46.8 Å². The number of nitrogens with one attached hydrogen (secondary N) is 1. The van der Waals surface area contributed by atoms with E-state index in [1.165, 1.54) is 12.1 Å². The van der Waals surface area contributed by atoms with Gasteiger partial charge in [0.15, 0.2) is 5.78 Å². The molecule has 148 valence electrons. The number of benzene rings is 1. The summed E-state index contributed by atoms with van der Waals surface area (Å²) in [4.78, 5) is 25.8. The summed E-state index contributed by atoms with van der Waals surface area (Å²) in [6, 6.07) is 5.99. The van der Waals surface area contributed by atoms with E-state index in [-0.39, 0.29) is 24.3 Å². The van der Waals surface area contributed by atoms with Crippen molar-refractivity contribution in [2.75, 3.05) is 13.2 Å². The van der Waals surface area contributed by atoms with Crippen LogP contribution in [0.25, 0.3) is 0 Å². The molecule has 1 aromatic carbocycles. The van der Waals surface area contributed by atoms with Crippen molar-refractivity contribution in [3.8, 4) is 0 Å². The summed E-state index contributed by atoms with van der Waals surface area (Å²) >= 11 is 0. The molecule has 0 aromatic heterocycles. The summed E-state index contributed by atoms with van der Waals surface area (Å²) in [6.07, 6.45) is 3.76. The summed E-state index contributed by atoms with van der Waals surface area (Å²) < 4.78 is 24.6. The van der Waals surface area contributed by atoms with E-state index in [9.17, 15) is 14.0 Å². The Balaban J connectivity index is 1.68. The first-order valence-electron chi connectivity index (χ1n) is 9.83.